The smallest absolute Gasteiger partial charge is 0.200 e. The van der Waals surface area contributed by atoms with Gasteiger partial charge in [-0.2, -0.15) is 0 Å². The Labute approximate surface area is 106 Å². The molecule has 0 aliphatic carbocycles. The Morgan fingerprint density at radius 2 is 2.11 bits per heavy atom. The first-order chi connectivity index (χ1) is 8.72. The Kier molecular flexibility index (Phi) is 4.03. The lowest BCUT2D eigenvalue weighted by atomic mass is 10.3. The van der Waals surface area contributed by atoms with Crippen LogP contribution < -0.4 is 5.32 Å². The molecule has 2 heterocycles. The molecule has 2 aromatic rings. The third-order valence-corrected chi connectivity index (χ3v) is 2.89. The molecule has 18 heavy (non-hydrogen) atoms. The summed E-state index contributed by atoms with van der Waals surface area (Å²) in [6.45, 7) is 9.58. The Hall–Kier alpha value is -1.76. The zero-order chi connectivity index (χ0) is 13.0. The molecule has 0 aliphatic heterocycles. The van der Waals surface area contributed by atoms with Gasteiger partial charge in [-0.25, -0.2) is 0 Å². The number of nitrogens with one attached hydrogen (secondary N) is 1. The number of likely N-dealkylation sites (N-methyl/N-ethyl adjacent to an activating group) is 1. The van der Waals surface area contributed by atoms with Crippen molar-refractivity contribution in [2.45, 2.75) is 26.8 Å². The number of anilines is 1. The number of hydrogen-bond donors (Lipinski definition) is 1. The largest absolute Gasteiger partial charge is 0.365 e. The molecule has 7 nitrogen and oxygen atoms in total. The standard InChI is InChI=1S/C11H19N7/c1-4-17(5-2)8-9(3)12-10-6-7-11-13-15-16-18(11)14-10/h6-7,9H,4-5,8H2,1-3H3,(H,12,14). The van der Waals surface area contributed by atoms with E-state index in [0.29, 0.717) is 11.7 Å². The van der Waals surface area contributed by atoms with Crippen LogP contribution in [0.1, 0.15) is 20.8 Å². The molecule has 0 aliphatic rings. The van der Waals surface area contributed by atoms with Gasteiger partial charge in [0.2, 0.25) is 0 Å². The van der Waals surface area contributed by atoms with Crippen molar-refractivity contribution in [3.05, 3.63) is 12.1 Å². The van der Waals surface area contributed by atoms with Gasteiger partial charge < -0.3 is 10.2 Å². The van der Waals surface area contributed by atoms with Gasteiger partial charge in [-0.3, -0.25) is 0 Å². The molecule has 0 saturated carbocycles. The normalized spacial score (nSPS) is 13.1. The predicted octanol–water partition coefficient (Wildman–Crippen LogP) is 0.661. The first kappa shape index (κ1) is 12.7. The molecule has 0 fully saturated rings. The number of hydrogen-bond acceptors (Lipinski definition) is 6. The Bertz CT molecular complexity index is 491. The van der Waals surface area contributed by atoms with Gasteiger partial charge >= 0.3 is 0 Å². The molecular weight excluding hydrogens is 230 g/mol. The number of fused-ring (bicyclic) bond motifs is 1. The Morgan fingerprint density at radius 3 is 2.83 bits per heavy atom. The molecule has 0 saturated heterocycles. The van der Waals surface area contributed by atoms with Crippen molar-refractivity contribution in [3.8, 4) is 0 Å². The van der Waals surface area contributed by atoms with Crippen molar-refractivity contribution < 1.29 is 0 Å². The maximum Gasteiger partial charge on any atom is 0.200 e. The van der Waals surface area contributed by atoms with E-state index in [9.17, 15) is 0 Å². The van der Waals surface area contributed by atoms with Crippen molar-refractivity contribution in [1.82, 2.24) is 30.2 Å². The summed E-state index contributed by atoms with van der Waals surface area (Å²) in [5.41, 5.74) is 0.650. The second kappa shape index (κ2) is 5.72. The molecule has 2 aromatic heterocycles. The summed E-state index contributed by atoms with van der Waals surface area (Å²) in [4.78, 5) is 2.37. The van der Waals surface area contributed by atoms with Crippen LogP contribution in [0.25, 0.3) is 5.65 Å². The third kappa shape index (κ3) is 2.92. The van der Waals surface area contributed by atoms with Crippen LogP contribution in [0.2, 0.25) is 0 Å². The van der Waals surface area contributed by atoms with Gasteiger partial charge in [0.05, 0.1) is 0 Å². The molecule has 0 bridgehead atoms. The van der Waals surface area contributed by atoms with E-state index < -0.39 is 0 Å². The van der Waals surface area contributed by atoms with Crippen molar-refractivity contribution in [2.24, 2.45) is 0 Å². The maximum atomic E-state index is 4.29. The molecule has 2 rings (SSSR count). The lowest BCUT2D eigenvalue weighted by molar-refractivity contribution is 0.294. The van der Waals surface area contributed by atoms with Crippen LogP contribution in [0.15, 0.2) is 12.1 Å². The van der Waals surface area contributed by atoms with E-state index in [1.54, 1.807) is 0 Å². The summed E-state index contributed by atoms with van der Waals surface area (Å²) in [6.07, 6.45) is 0. The van der Waals surface area contributed by atoms with Gasteiger partial charge in [-0.15, -0.1) is 14.8 Å². The SMILES string of the molecule is CCN(CC)CC(C)Nc1ccc2nnnn2n1. The summed E-state index contributed by atoms with van der Waals surface area (Å²) in [7, 11) is 0. The monoisotopic (exact) mass is 249 g/mol. The molecule has 0 spiro atoms. The topological polar surface area (TPSA) is 71.2 Å². The van der Waals surface area contributed by atoms with Crippen LogP contribution in [0.3, 0.4) is 0 Å². The zero-order valence-electron chi connectivity index (χ0n) is 11.0. The van der Waals surface area contributed by atoms with Crippen LogP contribution in [0.5, 0.6) is 0 Å². The molecule has 1 atom stereocenters. The molecule has 0 amide bonds. The van der Waals surface area contributed by atoms with Crippen LogP contribution >= 0.6 is 0 Å². The summed E-state index contributed by atoms with van der Waals surface area (Å²) in [5.74, 6) is 0.787. The first-order valence-corrected chi connectivity index (χ1v) is 6.27. The highest BCUT2D eigenvalue weighted by molar-refractivity contribution is 5.42. The quantitative estimate of drug-likeness (QED) is 0.811. The van der Waals surface area contributed by atoms with E-state index in [0.717, 1.165) is 25.5 Å². The number of aromatic nitrogens is 5. The average Bonchev–Trinajstić information content (AvgIpc) is 2.83. The Balaban J connectivity index is 1.99. The molecule has 7 heteroatoms. The fraction of sp³-hybridized carbons (Fsp3) is 0.636. The average molecular weight is 249 g/mol. The molecule has 98 valence electrons. The van der Waals surface area contributed by atoms with E-state index in [4.69, 9.17) is 0 Å². The van der Waals surface area contributed by atoms with Gasteiger partial charge in [-0.1, -0.05) is 13.8 Å². The zero-order valence-corrected chi connectivity index (χ0v) is 11.0. The molecule has 0 aromatic carbocycles. The fourth-order valence-corrected chi connectivity index (χ4v) is 1.89. The first-order valence-electron chi connectivity index (χ1n) is 6.27. The van der Waals surface area contributed by atoms with Gasteiger partial charge in [0, 0.05) is 12.6 Å². The highest BCUT2D eigenvalue weighted by Gasteiger charge is 2.08. The summed E-state index contributed by atoms with van der Waals surface area (Å²) < 4.78 is 1.42. The highest BCUT2D eigenvalue weighted by atomic mass is 15.6. The van der Waals surface area contributed by atoms with E-state index in [2.05, 4.69) is 51.6 Å². The minimum atomic E-state index is 0.325. The van der Waals surface area contributed by atoms with E-state index in [-0.39, 0.29) is 0 Å². The lowest BCUT2D eigenvalue weighted by Gasteiger charge is -2.23. The van der Waals surface area contributed by atoms with E-state index >= 15 is 0 Å². The third-order valence-electron chi connectivity index (χ3n) is 2.89. The fourth-order valence-electron chi connectivity index (χ4n) is 1.89. The predicted molar refractivity (Wildman–Crippen MR) is 69.4 cm³/mol. The van der Waals surface area contributed by atoms with Crippen molar-refractivity contribution in [3.63, 3.8) is 0 Å². The van der Waals surface area contributed by atoms with Gasteiger partial charge in [0.1, 0.15) is 5.82 Å². The van der Waals surface area contributed by atoms with Crippen molar-refractivity contribution >= 4 is 11.5 Å². The van der Waals surface area contributed by atoms with Gasteiger partial charge in [-0.05, 0) is 42.6 Å². The minimum Gasteiger partial charge on any atom is -0.365 e. The second-order valence-electron chi connectivity index (χ2n) is 4.28. The number of rotatable bonds is 6. The second-order valence-corrected chi connectivity index (χ2v) is 4.28. The minimum absolute atomic E-state index is 0.325. The van der Waals surface area contributed by atoms with Crippen LogP contribution in [-0.4, -0.2) is 55.8 Å². The summed E-state index contributed by atoms with van der Waals surface area (Å²) >= 11 is 0. The van der Waals surface area contributed by atoms with Crippen molar-refractivity contribution in [2.75, 3.05) is 25.0 Å². The molecular formula is C11H19N7. The number of tetrazole rings is 1. The number of nitrogens with zero attached hydrogens (tertiary/aromatic N) is 6. The van der Waals surface area contributed by atoms with Crippen LogP contribution in [0, 0.1) is 0 Å². The Morgan fingerprint density at radius 1 is 1.33 bits per heavy atom. The van der Waals surface area contributed by atoms with E-state index in [1.165, 1.54) is 4.63 Å². The molecule has 0 radical (unpaired) electrons. The highest BCUT2D eigenvalue weighted by Crippen LogP contribution is 2.05. The maximum absolute atomic E-state index is 4.29. The lowest BCUT2D eigenvalue weighted by Crippen LogP contribution is -2.35. The van der Waals surface area contributed by atoms with Crippen molar-refractivity contribution in [1.29, 1.82) is 0 Å². The van der Waals surface area contributed by atoms with Gasteiger partial charge in [0.25, 0.3) is 0 Å². The van der Waals surface area contributed by atoms with Crippen LogP contribution in [0.4, 0.5) is 5.82 Å². The van der Waals surface area contributed by atoms with Crippen LogP contribution in [-0.2, 0) is 0 Å². The molecule has 1 N–H and O–H groups in total. The molecule has 1 unspecified atom stereocenters. The van der Waals surface area contributed by atoms with Gasteiger partial charge in [0.15, 0.2) is 5.65 Å². The summed E-state index contributed by atoms with van der Waals surface area (Å²) in [5, 5.41) is 18.8. The summed E-state index contributed by atoms with van der Waals surface area (Å²) in [6, 6.07) is 4.07. The van der Waals surface area contributed by atoms with E-state index in [1.807, 2.05) is 12.1 Å².